The van der Waals surface area contributed by atoms with Crippen LogP contribution < -0.4 is 9.64 Å². The van der Waals surface area contributed by atoms with Crippen molar-refractivity contribution in [1.29, 1.82) is 0 Å². The summed E-state index contributed by atoms with van der Waals surface area (Å²) in [6.07, 6.45) is 8.29. The van der Waals surface area contributed by atoms with Gasteiger partial charge in [0.1, 0.15) is 12.1 Å². The van der Waals surface area contributed by atoms with Crippen molar-refractivity contribution in [3.05, 3.63) is 36.5 Å². The molecule has 6 nitrogen and oxygen atoms in total. The molecule has 1 fully saturated rings. The molecule has 1 aliphatic rings. The molecule has 1 unspecified atom stereocenters. The van der Waals surface area contributed by atoms with E-state index in [1.54, 1.807) is 24.8 Å². The predicted molar refractivity (Wildman–Crippen MR) is 83.9 cm³/mol. The normalized spacial score (nSPS) is 18.2. The van der Waals surface area contributed by atoms with Crippen LogP contribution in [0.1, 0.15) is 25.5 Å². The third-order valence-corrected chi connectivity index (χ3v) is 3.90. The molecule has 2 aromatic rings. The number of hydrogen-bond acceptors (Lipinski definition) is 6. The monoisotopic (exact) mass is 299 g/mol. The molecule has 0 N–H and O–H groups in total. The molecule has 2 aromatic heterocycles. The maximum absolute atomic E-state index is 5.69. The van der Waals surface area contributed by atoms with Crippen LogP contribution >= 0.6 is 0 Å². The van der Waals surface area contributed by atoms with Crippen LogP contribution in [-0.4, -0.2) is 39.6 Å². The summed E-state index contributed by atoms with van der Waals surface area (Å²) in [6.45, 7) is 4.75. The SMILES string of the molecule is CCc1cc(N2CCCC(COc3ncccn3)C2)ncn1. The summed E-state index contributed by atoms with van der Waals surface area (Å²) >= 11 is 0. The van der Waals surface area contributed by atoms with E-state index in [-0.39, 0.29) is 0 Å². The van der Waals surface area contributed by atoms with Gasteiger partial charge in [-0.05, 0) is 25.3 Å². The highest BCUT2D eigenvalue weighted by Crippen LogP contribution is 2.22. The highest BCUT2D eigenvalue weighted by atomic mass is 16.5. The van der Waals surface area contributed by atoms with Crippen molar-refractivity contribution >= 4 is 5.82 Å². The maximum atomic E-state index is 5.69. The lowest BCUT2D eigenvalue weighted by Gasteiger charge is -2.33. The minimum absolute atomic E-state index is 0.454. The molecule has 3 heterocycles. The van der Waals surface area contributed by atoms with Crippen LogP contribution in [0.25, 0.3) is 0 Å². The molecule has 1 atom stereocenters. The molecule has 1 aliphatic heterocycles. The largest absolute Gasteiger partial charge is 0.463 e. The second kappa shape index (κ2) is 7.15. The topological polar surface area (TPSA) is 64.0 Å². The molecule has 0 radical (unpaired) electrons. The Hall–Kier alpha value is -2.24. The van der Waals surface area contributed by atoms with E-state index in [9.17, 15) is 0 Å². The van der Waals surface area contributed by atoms with Crippen molar-refractivity contribution in [3.8, 4) is 6.01 Å². The van der Waals surface area contributed by atoms with Crippen LogP contribution in [0.2, 0.25) is 0 Å². The molecule has 0 amide bonds. The number of nitrogens with zero attached hydrogens (tertiary/aromatic N) is 5. The van der Waals surface area contributed by atoms with Gasteiger partial charge in [0.2, 0.25) is 0 Å². The van der Waals surface area contributed by atoms with Crippen LogP contribution in [0.3, 0.4) is 0 Å². The van der Waals surface area contributed by atoms with Crippen molar-refractivity contribution < 1.29 is 4.74 Å². The van der Waals surface area contributed by atoms with Crippen molar-refractivity contribution in [2.24, 2.45) is 5.92 Å². The van der Waals surface area contributed by atoms with Gasteiger partial charge in [0.15, 0.2) is 0 Å². The summed E-state index contributed by atoms with van der Waals surface area (Å²) in [5.74, 6) is 1.49. The predicted octanol–water partition coefficient (Wildman–Crippen LogP) is 2.12. The molecule has 116 valence electrons. The van der Waals surface area contributed by atoms with Crippen molar-refractivity contribution in [3.63, 3.8) is 0 Å². The van der Waals surface area contributed by atoms with Gasteiger partial charge in [0.25, 0.3) is 0 Å². The molecular formula is C16H21N5O. The Kier molecular flexibility index (Phi) is 4.78. The van der Waals surface area contributed by atoms with Crippen LogP contribution in [-0.2, 0) is 6.42 Å². The number of anilines is 1. The van der Waals surface area contributed by atoms with Gasteiger partial charge in [0, 0.05) is 43.2 Å². The number of piperidine rings is 1. The smallest absolute Gasteiger partial charge is 0.316 e. The van der Waals surface area contributed by atoms with Crippen molar-refractivity contribution in [2.45, 2.75) is 26.2 Å². The minimum atomic E-state index is 0.454. The fourth-order valence-electron chi connectivity index (χ4n) is 2.71. The standard InChI is InChI=1S/C16H21N5O/c1-2-14-9-15(20-12-19-14)21-8-3-5-13(10-21)11-22-16-17-6-4-7-18-16/h4,6-7,9,12-13H,2-3,5,8,10-11H2,1H3. The maximum Gasteiger partial charge on any atom is 0.316 e. The Morgan fingerprint density at radius 1 is 1.23 bits per heavy atom. The van der Waals surface area contributed by atoms with E-state index in [2.05, 4.69) is 37.8 Å². The molecule has 0 aromatic carbocycles. The first-order valence-electron chi connectivity index (χ1n) is 7.81. The van der Waals surface area contributed by atoms with Crippen LogP contribution in [0.4, 0.5) is 5.82 Å². The van der Waals surface area contributed by atoms with E-state index in [0.717, 1.165) is 43.9 Å². The number of aromatic nitrogens is 4. The Labute approximate surface area is 130 Å². The zero-order valence-corrected chi connectivity index (χ0v) is 12.9. The van der Waals surface area contributed by atoms with Crippen molar-refractivity contribution in [1.82, 2.24) is 19.9 Å². The summed E-state index contributed by atoms with van der Waals surface area (Å²) in [5, 5.41) is 0. The van der Waals surface area contributed by atoms with Gasteiger partial charge in [0.05, 0.1) is 6.61 Å². The average molecular weight is 299 g/mol. The van der Waals surface area contributed by atoms with Gasteiger partial charge in [-0.2, -0.15) is 0 Å². The Morgan fingerprint density at radius 2 is 2.09 bits per heavy atom. The molecular weight excluding hydrogens is 278 g/mol. The molecule has 0 saturated carbocycles. The summed E-state index contributed by atoms with van der Waals surface area (Å²) < 4.78 is 5.69. The highest BCUT2D eigenvalue weighted by molar-refractivity contribution is 5.39. The lowest BCUT2D eigenvalue weighted by Crippen LogP contribution is -2.38. The fourth-order valence-corrected chi connectivity index (χ4v) is 2.71. The zero-order valence-electron chi connectivity index (χ0n) is 12.9. The number of rotatable bonds is 5. The van der Waals surface area contributed by atoms with Gasteiger partial charge in [-0.3, -0.25) is 0 Å². The van der Waals surface area contributed by atoms with Gasteiger partial charge in [-0.25, -0.2) is 19.9 Å². The van der Waals surface area contributed by atoms with Crippen LogP contribution in [0.5, 0.6) is 6.01 Å². The minimum Gasteiger partial charge on any atom is -0.463 e. The Balaban J connectivity index is 1.59. The second-order valence-corrected chi connectivity index (χ2v) is 5.52. The van der Waals surface area contributed by atoms with E-state index in [4.69, 9.17) is 4.74 Å². The number of hydrogen-bond donors (Lipinski definition) is 0. The molecule has 0 spiro atoms. The number of ether oxygens (including phenoxy) is 1. The molecule has 1 saturated heterocycles. The van der Waals surface area contributed by atoms with Gasteiger partial charge in [-0.15, -0.1) is 0 Å². The molecule has 0 aliphatic carbocycles. The van der Waals surface area contributed by atoms with Gasteiger partial charge in [-0.1, -0.05) is 6.92 Å². The number of aryl methyl sites for hydroxylation is 1. The quantitative estimate of drug-likeness (QED) is 0.842. The van der Waals surface area contributed by atoms with E-state index in [1.165, 1.54) is 0 Å². The second-order valence-electron chi connectivity index (χ2n) is 5.52. The van der Waals surface area contributed by atoms with Crippen LogP contribution in [0, 0.1) is 5.92 Å². The van der Waals surface area contributed by atoms with E-state index < -0.39 is 0 Å². The first kappa shape index (κ1) is 14.7. The lowest BCUT2D eigenvalue weighted by molar-refractivity contribution is 0.214. The molecule has 0 bridgehead atoms. The first-order chi connectivity index (χ1) is 10.8. The van der Waals surface area contributed by atoms with Crippen LogP contribution in [0.15, 0.2) is 30.9 Å². The summed E-state index contributed by atoms with van der Waals surface area (Å²) in [4.78, 5) is 19.2. The Morgan fingerprint density at radius 3 is 2.91 bits per heavy atom. The summed E-state index contributed by atoms with van der Waals surface area (Å²) in [6, 6.07) is 4.33. The zero-order chi connectivity index (χ0) is 15.2. The van der Waals surface area contributed by atoms with Gasteiger partial charge < -0.3 is 9.64 Å². The Bertz CT molecular complexity index is 592. The van der Waals surface area contributed by atoms with E-state index in [0.29, 0.717) is 18.5 Å². The average Bonchev–Trinajstić information content (AvgIpc) is 2.61. The lowest BCUT2D eigenvalue weighted by atomic mass is 9.99. The van der Waals surface area contributed by atoms with E-state index in [1.807, 2.05) is 0 Å². The third kappa shape index (κ3) is 3.69. The molecule has 3 rings (SSSR count). The third-order valence-electron chi connectivity index (χ3n) is 3.90. The van der Waals surface area contributed by atoms with Crippen molar-refractivity contribution in [2.75, 3.05) is 24.6 Å². The summed E-state index contributed by atoms with van der Waals surface area (Å²) in [5.41, 5.74) is 1.08. The molecule has 6 heteroatoms. The highest BCUT2D eigenvalue weighted by Gasteiger charge is 2.22. The van der Waals surface area contributed by atoms with Gasteiger partial charge >= 0.3 is 6.01 Å². The summed E-state index contributed by atoms with van der Waals surface area (Å²) in [7, 11) is 0. The molecule has 22 heavy (non-hydrogen) atoms. The fraction of sp³-hybridized carbons (Fsp3) is 0.500. The van der Waals surface area contributed by atoms with E-state index >= 15 is 0 Å². The first-order valence-corrected chi connectivity index (χ1v) is 7.81.